The predicted molar refractivity (Wildman–Crippen MR) is 106 cm³/mol. The molecule has 6 heteroatoms. The minimum Gasteiger partial charge on any atom is -0.331 e. The molecule has 2 saturated heterocycles. The smallest absolute Gasteiger partial charge is 0.318 e. The number of amides is 2. The third kappa shape index (κ3) is 3.72. The lowest BCUT2D eigenvalue weighted by Gasteiger charge is -2.30. The van der Waals surface area contributed by atoms with Crippen molar-refractivity contribution in [1.82, 2.24) is 24.7 Å². The molecular weight excluding hydrogens is 338 g/mol. The molecule has 1 aromatic heterocycles. The van der Waals surface area contributed by atoms with Crippen LogP contribution in [0.25, 0.3) is 5.69 Å². The van der Waals surface area contributed by atoms with Gasteiger partial charge in [-0.1, -0.05) is 19.1 Å². The average molecular weight is 367 g/mol. The van der Waals surface area contributed by atoms with Crippen molar-refractivity contribution in [2.24, 2.45) is 0 Å². The topological polar surface area (TPSA) is 53.4 Å². The van der Waals surface area contributed by atoms with Crippen LogP contribution in [0, 0.1) is 0 Å². The second kappa shape index (κ2) is 7.72. The monoisotopic (exact) mass is 367 g/mol. The van der Waals surface area contributed by atoms with Gasteiger partial charge in [-0.3, -0.25) is 0 Å². The zero-order valence-corrected chi connectivity index (χ0v) is 16.2. The number of benzene rings is 1. The summed E-state index contributed by atoms with van der Waals surface area (Å²) in [6.45, 7) is 7.44. The van der Waals surface area contributed by atoms with Crippen molar-refractivity contribution in [3.05, 3.63) is 48.5 Å². The van der Waals surface area contributed by atoms with Gasteiger partial charge in [-0.05, 0) is 50.4 Å². The fraction of sp³-hybridized carbons (Fsp3) is 0.524. The lowest BCUT2D eigenvalue weighted by Crippen LogP contribution is -2.48. The highest BCUT2D eigenvalue weighted by atomic mass is 16.2. The van der Waals surface area contributed by atoms with Crippen LogP contribution in [-0.2, 0) is 0 Å². The molecule has 0 aliphatic carbocycles. The number of nitrogens with one attached hydrogen (secondary N) is 1. The third-order valence-corrected chi connectivity index (χ3v) is 6.06. The maximum atomic E-state index is 13.1. The number of imidazole rings is 1. The Bertz CT molecular complexity index is 775. The van der Waals surface area contributed by atoms with Crippen LogP contribution in [0.1, 0.15) is 44.7 Å². The molecule has 1 aromatic carbocycles. The largest absolute Gasteiger partial charge is 0.331 e. The van der Waals surface area contributed by atoms with E-state index in [2.05, 4.69) is 46.1 Å². The quantitative estimate of drug-likeness (QED) is 0.903. The average Bonchev–Trinajstić information content (AvgIpc) is 3.29. The first-order valence-corrected chi connectivity index (χ1v) is 10.0. The molecule has 3 heterocycles. The SMILES string of the molecule is CCN1CCC2CCC(C1)N2C(=O)NC(C)c1cccc(-n2ccnc2)c1. The van der Waals surface area contributed by atoms with Crippen molar-refractivity contribution in [3.63, 3.8) is 0 Å². The molecule has 2 amide bonds. The van der Waals surface area contributed by atoms with Crippen LogP contribution in [0.15, 0.2) is 43.0 Å². The van der Waals surface area contributed by atoms with E-state index >= 15 is 0 Å². The number of urea groups is 1. The fourth-order valence-corrected chi connectivity index (χ4v) is 4.47. The number of carbonyl (C=O) groups excluding carboxylic acids is 1. The third-order valence-electron chi connectivity index (χ3n) is 6.06. The van der Waals surface area contributed by atoms with Gasteiger partial charge in [-0.25, -0.2) is 9.78 Å². The molecule has 2 bridgehead atoms. The molecule has 2 aliphatic heterocycles. The summed E-state index contributed by atoms with van der Waals surface area (Å²) >= 11 is 0. The van der Waals surface area contributed by atoms with Crippen LogP contribution in [0.5, 0.6) is 0 Å². The van der Waals surface area contributed by atoms with Crippen molar-refractivity contribution < 1.29 is 4.79 Å². The van der Waals surface area contributed by atoms with E-state index < -0.39 is 0 Å². The molecule has 0 spiro atoms. The molecule has 3 atom stereocenters. The Morgan fingerprint density at radius 3 is 2.93 bits per heavy atom. The highest BCUT2D eigenvalue weighted by Crippen LogP contribution is 2.30. The lowest BCUT2D eigenvalue weighted by molar-refractivity contribution is 0.168. The normalized spacial score (nSPS) is 23.9. The summed E-state index contributed by atoms with van der Waals surface area (Å²) in [6, 6.07) is 9.05. The summed E-state index contributed by atoms with van der Waals surface area (Å²) in [4.78, 5) is 21.8. The van der Waals surface area contributed by atoms with Gasteiger partial charge >= 0.3 is 6.03 Å². The number of aromatic nitrogens is 2. The van der Waals surface area contributed by atoms with Crippen molar-refractivity contribution in [2.45, 2.75) is 51.2 Å². The van der Waals surface area contributed by atoms with Crippen molar-refractivity contribution >= 4 is 6.03 Å². The van der Waals surface area contributed by atoms with Gasteiger partial charge in [0.1, 0.15) is 0 Å². The van der Waals surface area contributed by atoms with Gasteiger partial charge in [-0.15, -0.1) is 0 Å². The Balaban J connectivity index is 1.46. The predicted octanol–water partition coefficient (Wildman–Crippen LogP) is 3.20. The van der Waals surface area contributed by atoms with Gasteiger partial charge in [-0.2, -0.15) is 0 Å². The summed E-state index contributed by atoms with van der Waals surface area (Å²) in [7, 11) is 0. The van der Waals surface area contributed by atoms with Crippen LogP contribution in [-0.4, -0.2) is 57.1 Å². The van der Waals surface area contributed by atoms with Crippen molar-refractivity contribution in [1.29, 1.82) is 0 Å². The molecule has 3 unspecified atom stereocenters. The molecule has 27 heavy (non-hydrogen) atoms. The Morgan fingerprint density at radius 2 is 2.15 bits per heavy atom. The molecule has 6 nitrogen and oxygen atoms in total. The molecule has 2 fully saturated rings. The standard InChI is InChI=1S/C21H29N5O/c1-3-24-11-9-18-7-8-20(14-24)26(18)21(27)23-16(2)17-5-4-6-19(13-17)25-12-10-22-15-25/h4-6,10,12-13,15-16,18,20H,3,7-9,11,14H2,1-2H3,(H,23,27). The summed E-state index contributed by atoms with van der Waals surface area (Å²) < 4.78 is 1.98. The van der Waals surface area contributed by atoms with Crippen LogP contribution in [0.2, 0.25) is 0 Å². The van der Waals surface area contributed by atoms with Crippen LogP contribution < -0.4 is 5.32 Å². The number of hydrogen-bond acceptors (Lipinski definition) is 3. The van der Waals surface area contributed by atoms with E-state index in [9.17, 15) is 4.79 Å². The number of nitrogens with zero attached hydrogens (tertiary/aromatic N) is 4. The van der Waals surface area contributed by atoms with Crippen molar-refractivity contribution in [2.75, 3.05) is 19.6 Å². The number of likely N-dealkylation sites (N-methyl/N-ethyl adjacent to an activating group) is 1. The summed E-state index contributed by atoms with van der Waals surface area (Å²) in [5, 5.41) is 3.24. The maximum absolute atomic E-state index is 13.1. The molecule has 0 saturated carbocycles. The molecule has 4 rings (SSSR count). The van der Waals surface area contributed by atoms with Crippen LogP contribution in [0.4, 0.5) is 4.79 Å². The Morgan fingerprint density at radius 1 is 1.30 bits per heavy atom. The summed E-state index contributed by atoms with van der Waals surface area (Å²) in [5.41, 5.74) is 2.16. The molecule has 1 N–H and O–H groups in total. The highest BCUT2D eigenvalue weighted by Gasteiger charge is 2.40. The number of carbonyl (C=O) groups is 1. The minimum absolute atomic E-state index is 0.0362. The van der Waals surface area contributed by atoms with E-state index in [0.717, 1.165) is 50.1 Å². The fourth-order valence-electron chi connectivity index (χ4n) is 4.47. The van der Waals surface area contributed by atoms with Crippen LogP contribution in [0.3, 0.4) is 0 Å². The molecular formula is C21H29N5O. The number of likely N-dealkylation sites (tertiary alicyclic amines) is 1. The molecule has 0 radical (unpaired) electrons. The first kappa shape index (κ1) is 18.0. The van der Waals surface area contributed by atoms with E-state index in [1.165, 1.54) is 0 Å². The van der Waals surface area contributed by atoms with Gasteiger partial charge in [0.2, 0.25) is 0 Å². The van der Waals surface area contributed by atoms with Crippen LogP contribution >= 0.6 is 0 Å². The lowest BCUT2D eigenvalue weighted by atomic mass is 10.1. The Kier molecular flexibility index (Phi) is 5.16. The van der Waals surface area contributed by atoms with Gasteiger partial charge in [0.25, 0.3) is 0 Å². The highest BCUT2D eigenvalue weighted by molar-refractivity contribution is 5.76. The van der Waals surface area contributed by atoms with Gasteiger partial charge < -0.3 is 19.7 Å². The molecule has 2 aliphatic rings. The second-order valence-electron chi connectivity index (χ2n) is 7.71. The second-order valence-corrected chi connectivity index (χ2v) is 7.71. The van der Waals surface area contributed by atoms with Gasteiger partial charge in [0.05, 0.1) is 12.4 Å². The first-order chi connectivity index (χ1) is 13.2. The maximum Gasteiger partial charge on any atom is 0.318 e. The summed E-state index contributed by atoms with van der Waals surface area (Å²) in [6.07, 6.45) is 8.83. The zero-order chi connectivity index (χ0) is 18.8. The van der Waals surface area contributed by atoms with E-state index in [0.29, 0.717) is 12.1 Å². The molecule has 144 valence electrons. The molecule has 2 aromatic rings. The number of hydrogen-bond donors (Lipinski definition) is 1. The van der Waals surface area contributed by atoms with E-state index in [-0.39, 0.29) is 12.1 Å². The van der Waals surface area contributed by atoms with Gasteiger partial charge in [0, 0.05) is 43.3 Å². The zero-order valence-electron chi connectivity index (χ0n) is 16.2. The van der Waals surface area contributed by atoms with E-state index in [4.69, 9.17) is 0 Å². The van der Waals surface area contributed by atoms with E-state index in [1.807, 2.05) is 22.9 Å². The van der Waals surface area contributed by atoms with Crippen molar-refractivity contribution in [3.8, 4) is 5.69 Å². The summed E-state index contributed by atoms with van der Waals surface area (Å²) in [5.74, 6) is 0. The van der Waals surface area contributed by atoms with E-state index in [1.54, 1.807) is 12.5 Å². The first-order valence-electron chi connectivity index (χ1n) is 10.0. The minimum atomic E-state index is -0.0362. The Labute approximate surface area is 161 Å². The Hall–Kier alpha value is -2.34. The van der Waals surface area contributed by atoms with Gasteiger partial charge in [0.15, 0.2) is 0 Å². The number of rotatable bonds is 4. The number of fused-ring (bicyclic) bond motifs is 2.